The van der Waals surface area contributed by atoms with Gasteiger partial charge in [-0.2, -0.15) is 0 Å². The van der Waals surface area contributed by atoms with Gasteiger partial charge in [-0.05, 0) is 6.42 Å². The molecule has 0 amide bonds. The smallest absolute Gasteiger partial charge is 0.307 e. The molecule has 0 saturated carbocycles. The molecule has 0 bridgehead atoms. The van der Waals surface area contributed by atoms with Crippen molar-refractivity contribution in [1.82, 2.24) is 9.80 Å². The molecule has 142 valence electrons. The predicted octanol–water partition coefficient (Wildman–Crippen LogP) is 5.44. The summed E-state index contributed by atoms with van der Waals surface area (Å²) in [6.07, 6.45) is 18.8. The quantitative estimate of drug-likeness (QED) is 0.285. The molecule has 24 heavy (non-hydrogen) atoms. The maximum atomic E-state index is 11.7. The van der Waals surface area contributed by atoms with Crippen LogP contribution in [0.2, 0.25) is 0 Å². The Morgan fingerprint density at radius 2 is 1.46 bits per heavy atom. The zero-order valence-electron chi connectivity index (χ0n) is 15.7. The summed E-state index contributed by atoms with van der Waals surface area (Å²) in [5.74, 6) is -0.0659. The van der Waals surface area contributed by atoms with Crippen LogP contribution in [0.5, 0.6) is 0 Å². The number of esters is 1. The van der Waals surface area contributed by atoms with E-state index in [1.165, 1.54) is 57.8 Å². The second-order valence-electron chi connectivity index (χ2n) is 6.72. The highest BCUT2D eigenvalue weighted by molar-refractivity contribution is 8.93. The molecule has 5 heteroatoms. The lowest BCUT2D eigenvalue weighted by molar-refractivity contribution is -0.147. The van der Waals surface area contributed by atoms with Gasteiger partial charge in [0.05, 0.1) is 6.67 Å². The summed E-state index contributed by atoms with van der Waals surface area (Å²) >= 11 is 0. The second-order valence-corrected chi connectivity index (χ2v) is 6.72. The van der Waals surface area contributed by atoms with Gasteiger partial charge >= 0.3 is 5.97 Å². The molecule has 4 nitrogen and oxygen atoms in total. The summed E-state index contributed by atoms with van der Waals surface area (Å²) in [7, 11) is 2.00. The SMILES string of the molecule is Br.CCCCCCCCCCCCCC(=O)OCN1C=CN(C)C1. The van der Waals surface area contributed by atoms with E-state index in [9.17, 15) is 4.79 Å². The first-order valence-electron chi connectivity index (χ1n) is 9.50. The first-order valence-corrected chi connectivity index (χ1v) is 9.50. The monoisotopic (exact) mass is 404 g/mol. The Morgan fingerprint density at radius 3 is 1.96 bits per heavy atom. The first-order chi connectivity index (χ1) is 11.2. The lowest BCUT2D eigenvalue weighted by Crippen LogP contribution is -2.26. The molecule has 0 fully saturated rings. The van der Waals surface area contributed by atoms with Crippen molar-refractivity contribution in [2.24, 2.45) is 0 Å². The number of halogens is 1. The van der Waals surface area contributed by atoms with E-state index in [1.54, 1.807) is 0 Å². The molecule has 0 aromatic heterocycles. The Morgan fingerprint density at radius 1 is 0.917 bits per heavy atom. The van der Waals surface area contributed by atoms with E-state index >= 15 is 0 Å². The van der Waals surface area contributed by atoms with Gasteiger partial charge in [0.25, 0.3) is 0 Å². The molecule has 0 aromatic carbocycles. The molecule has 1 rings (SSSR count). The molecule has 1 heterocycles. The maximum Gasteiger partial charge on any atom is 0.307 e. The fraction of sp³-hybridized carbons (Fsp3) is 0.842. The fourth-order valence-electron chi connectivity index (χ4n) is 2.83. The van der Waals surface area contributed by atoms with E-state index in [-0.39, 0.29) is 23.0 Å². The van der Waals surface area contributed by atoms with Gasteiger partial charge in [-0.15, -0.1) is 17.0 Å². The van der Waals surface area contributed by atoms with Crippen LogP contribution in [0, 0.1) is 0 Å². The molecule has 0 aromatic rings. The minimum atomic E-state index is -0.0659. The highest BCUT2D eigenvalue weighted by Crippen LogP contribution is 2.12. The summed E-state index contributed by atoms with van der Waals surface area (Å²) in [6, 6.07) is 0. The molecular formula is C19H37BrN2O2. The highest BCUT2D eigenvalue weighted by Gasteiger charge is 2.10. The van der Waals surface area contributed by atoms with Gasteiger partial charge in [0.2, 0.25) is 0 Å². The van der Waals surface area contributed by atoms with Crippen LogP contribution >= 0.6 is 17.0 Å². The van der Waals surface area contributed by atoms with Crippen molar-refractivity contribution in [1.29, 1.82) is 0 Å². The van der Waals surface area contributed by atoms with Gasteiger partial charge in [-0.25, -0.2) is 0 Å². The van der Waals surface area contributed by atoms with Gasteiger partial charge in [-0.3, -0.25) is 4.79 Å². The van der Waals surface area contributed by atoms with E-state index in [1.807, 2.05) is 24.3 Å². The maximum absolute atomic E-state index is 11.7. The number of nitrogens with zero attached hydrogens (tertiary/aromatic N) is 2. The van der Waals surface area contributed by atoms with Gasteiger partial charge in [0, 0.05) is 25.9 Å². The van der Waals surface area contributed by atoms with Crippen molar-refractivity contribution in [3.05, 3.63) is 12.4 Å². The van der Waals surface area contributed by atoms with Gasteiger partial charge < -0.3 is 14.5 Å². The Labute approximate surface area is 159 Å². The average Bonchev–Trinajstić information content (AvgIpc) is 2.96. The molecule has 0 N–H and O–H groups in total. The van der Waals surface area contributed by atoms with Crippen LogP contribution in [0.1, 0.15) is 84.0 Å². The van der Waals surface area contributed by atoms with Crippen molar-refractivity contribution < 1.29 is 9.53 Å². The molecule has 0 unspecified atom stereocenters. The average molecular weight is 405 g/mol. The fourth-order valence-corrected chi connectivity index (χ4v) is 2.83. The van der Waals surface area contributed by atoms with Crippen LogP contribution in [0.15, 0.2) is 12.4 Å². The van der Waals surface area contributed by atoms with Crippen LogP contribution in [-0.2, 0) is 9.53 Å². The number of hydrogen-bond acceptors (Lipinski definition) is 4. The molecule has 0 aliphatic carbocycles. The second kappa shape index (κ2) is 15.8. The molecule has 0 spiro atoms. The zero-order chi connectivity index (χ0) is 16.8. The third-order valence-electron chi connectivity index (χ3n) is 4.31. The Bertz CT molecular complexity index is 337. The van der Waals surface area contributed by atoms with E-state index in [0.29, 0.717) is 13.2 Å². The number of carbonyl (C=O) groups is 1. The van der Waals surface area contributed by atoms with Crippen LogP contribution < -0.4 is 0 Å². The molecule has 1 aliphatic rings. The van der Waals surface area contributed by atoms with Gasteiger partial charge in [-0.1, -0.05) is 71.1 Å². The standard InChI is InChI=1S/C19H36N2O2.BrH/c1-3-4-5-6-7-8-9-10-11-12-13-14-19(22)23-18-21-16-15-20(2)17-21;/h15-16H,3-14,17-18H2,1-2H3;1H. The number of hydrogen-bond donors (Lipinski definition) is 0. The Balaban J connectivity index is 0.00000529. The minimum absolute atomic E-state index is 0. The van der Waals surface area contributed by atoms with Crippen LogP contribution in [-0.4, -0.2) is 36.2 Å². The number of unbranched alkanes of at least 4 members (excludes halogenated alkanes) is 10. The highest BCUT2D eigenvalue weighted by atomic mass is 79.9. The molecular weight excluding hydrogens is 368 g/mol. The Kier molecular flexibility index (Phi) is 15.3. The predicted molar refractivity (Wildman–Crippen MR) is 106 cm³/mol. The normalized spacial score (nSPS) is 13.2. The van der Waals surface area contributed by atoms with E-state index in [0.717, 1.165) is 19.5 Å². The Hall–Kier alpha value is -0.710. The molecule has 1 aliphatic heterocycles. The van der Waals surface area contributed by atoms with Crippen molar-refractivity contribution in [3.63, 3.8) is 0 Å². The van der Waals surface area contributed by atoms with Crippen molar-refractivity contribution in [2.75, 3.05) is 20.4 Å². The van der Waals surface area contributed by atoms with Crippen LogP contribution in [0.3, 0.4) is 0 Å². The number of carbonyl (C=O) groups excluding carboxylic acids is 1. The lowest BCUT2D eigenvalue weighted by Gasteiger charge is -2.17. The molecule has 0 saturated heterocycles. The molecule has 0 atom stereocenters. The molecule has 0 radical (unpaired) electrons. The summed E-state index contributed by atoms with van der Waals surface area (Å²) in [6.45, 7) is 3.43. The van der Waals surface area contributed by atoms with Gasteiger partial charge in [0.15, 0.2) is 6.73 Å². The first kappa shape index (κ1) is 23.3. The minimum Gasteiger partial charge on any atom is -0.444 e. The van der Waals surface area contributed by atoms with Crippen molar-refractivity contribution in [2.45, 2.75) is 84.0 Å². The summed E-state index contributed by atoms with van der Waals surface area (Å²) in [5.41, 5.74) is 0. The summed E-state index contributed by atoms with van der Waals surface area (Å²) in [5, 5.41) is 0. The lowest BCUT2D eigenvalue weighted by atomic mass is 10.1. The van der Waals surface area contributed by atoms with E-state index in [4.69, 9.17) is 4.74 Å². The third kappa shape index (κ3) is 12.7. The van der Waals surface area contributed by atoms with Crippen molar-refractivity contribution in [3.8, 4) is 0 Å². The summed E-state index contributed by atoms with van der Waals surface area (Å²) < 4.78 is 5.28. The number of ether oxygens (including phenoxy) is 1. The van der Waals surface area contributed by atoms with E-state index < -0.39 is 0 Å². The van der Waals surface area contributed by atoms with Crippen LogP contribution in [0.25, 0.3) is 0 Å². The largest absolute Gasteiger partial charge is 0.444 e. The topological polar surface area (TPSA) is 32.8 Å². The van der Waals surface area contributed by atoms with E-state index in [2.05, 4.69) is 11.8 Å². The third-order valence-corrected chi connectivity index (χ3v) is 4.31. The number of rotatable bonds is 14. The van der Waals surface area contributed by atoms with Crippen molar-refractivity contribution >= 4 is 23.0 Å². The van der Waals surface area contributed by atoms with Gasteiger partial charge in [0.1, 0.15) is 0 Å². The van der Waals surface area contributed by atoms with Crippen LogP contribution in [0.4, 0.5) is 0 Å². The summed E-state index contributed by atoms with van der Waals surface area (Å²) in [4.78, 5) is 15.7. The zero-order valence-corrected chi connectivity index (χ0v) is 17.4.